The molecule has 30 heavy (non-hydrogen) atoms. The molecule has 0 spiro atoms. The van der Waals surface area contributed by atoms with Crippen LogP contribution in [0.3, 0.4) is 0 Å². The first-order valence-corrected chi connectivity index (χ1v) is 10.8. The van der Waals surface area contributed by atoms with Crippen molar-refractivity contribution in [2.45, 2.75) is 34.7 Å². The second-order valence-corrected chi connectivity index (χ2v) is 8.57. The van der Waals surface area contributed by atoms with E-state index in [-0.39, 0.29) is 6.61 Å². The summed E-state index contributed by atoms with van der Waals surface area (Å²) < 4.78 is 13.2. The zero-order chi connectivity index (χ0) is 21.1. The van der Waals surface area contributed by atoms with E-state index < -0.39 is 29.8 Å². The Morgan fingerprint density at radius 3 is 3.00 bits per heavy atom. The van der Waals surface area contributed by atoms with Gasteiger partial charge in [-0.2, -0.15) is 0 Å². The van der Waals surface area contributed by atoms with Crippen LogP contribution in [0.25, 0.3) is 10.7 Å². The number of hydrogen-bond acceptors (Lipinski definition) is 10. The van der Waals surface area contributed by atoms with E-state index in [0.29, 0.717) is 11.3 Å². The molecule has 0 aliphatic carbocycles. The van der Waals surface area contributed by atoms with Gasteiger partial charge >= 0.3 is 0 Å². The Hall–Kier alpha value is -2.33. The number of ether oxygens (including phenoxy) is 2. The van der Waals surface area contributed by atoms with Gasteiger partial charge in [0.05, 0.1) is 12.8 Å². The third kappa shape index (κ3) is 4.11. The van der Waals surface area contributed by atoms with Crippen molar-refractivity contribution in [2.75, 3.05) is 13.7 Å². The number of pyridine rings is 1. The molecule has 0 amide bonds. The summed E-state index contributed by atoms with van der Waals surface area (Å²) in [5, 5.41) is 31.6. The molecule has 2 N–H and O–H groups in total. The summed E-state index contributed by atoms with van der Waals surface area (Å²) in [4.78, 5) is 9.17. The maximum Gasteiger partial charge on any atom is 0.145 e. The lowest BCUT2D eigenvalue weighted by Crippen LogP contribution is -2.55. The average Bonchev–Trinajstić information content (AvgIpc) is 3.46. The average molecular weight is 446 g/mol. The molecule has 4 rings (SSSR count). The highest BCUT2D eigenvalue weighted by molar-refractivity contribution is 7.99. The highest BCUT2D eigenvalue weighted by Crippen LogP contribution is 2.39. The maximum absolute atomic E-state index is 10.9. The minimum Gasteiger partial charge on any atom is -0.394 e. The Labute approximate surface area is 181 Å². The van der Waals surface area contributed by atoms with Gasteiger partial charge in [-0.1, -0.05) is 22.9 Å². The van der Waals surface area contributed by atoms with Crippen LogP contribution in [0.1, 0.15) is 11.6 Å². The second-order valence-electron chi connectivity index (χ2n) is 6.50. The molecule has 3 aromatic heterocycles. The van der Waals surface area contributed by atoms with Crippen LogP contribution in [0.5, 0.6) is 0 Å². The summed E-state index contributed by atoms with van der Waals surface area (Å²) in [6, 6.07) is 1.18. The number of aliphatic hydroxyl groups excluding tert-OH is 2. The fourth-order valence-electron chi connectivity index (χ4n) is 3.28. The van der Waals surface area contributed by atoms with E-state index in [2.05, 4.69) is 26.2 Å². The number of thioether (sulfide) groups is 1. The zero-order valence-corrected chi connectivity index (χ0v) is 17.5. The number of aromatic nitrogens is 5. The SMILES string of the molecule is C#Cc1cncc(S[C@H]2OC(CO)[C@H](O)C(n3cc(-c4nccs4)nn3)C2OC)c1. The number of rotatable bonds is 6. The Bertz CT molecular complexity index is 1020. The van der Waals surface area contributed by atoms with Gasteiger partial charge in [0.25, 0.3) is 0 Å². The fraction of sp³-hybridized carbons (Fsp3) is 0.368. The molecule has 3 aromatic rings. The van der Waals surface area contributed by atoms with Gasteiger partial charge in [0.2, 0.25) is 0 Å². The predicted octanol–water partition coefficient (Wildman–Crippen LogP) is 1.20. The number of thiazole rings is 1. The Morgan fingerprint density at radius 2 is 2.30 bits per heavy atom. The van der Waals surface area contributed by atoms with E-state index in [1.54, 1.807) is 29.5 Å². The number of hydrogen-bond donors (Lipinski definition) is 2. The smallest absolute Gasteiger partial charge is 0.145 e. The molecule has 0 aromatic carbocycles. The van der Waals surface area contributed by atoms with E-state index in [1.165, 1.54) is 30.2 Å². The molecular weight excluding hydrogens is 426 g/mol. The second kappa shape index (κ2) is 9.22. The Kier molecular flexibility index (Phi) is 6.43. The van der Waals surface area contributed by atoms with Gasteiger partial charge in [0, 0.05) is 41.5 Å². The van der Waals surface area contributed by atoms with Crippen molar-refractivity contribution in [3.8, 4) is 23.0 Å². The maximum atomic E-state index is 10.9. The molecule has 4 heterocycles. The van der Waals surface area contributed by atoms with Crippen LogP contribution in [-0.4, -0.2) is 72.6 Å². The van der Waals surface area contributed by atoms with Crippen molar-refractivity contribution in [1.82, 2.24) is 25.0 Å². The van der Waals surface area contributed by atoms with Crippen LogP contribution in [-0.2, 0) is 9.47 Å². The van der Waals surface area contributed by atoms with Gasteiger partial charge in [-0.25, -0.2) is 9.67 Å². The molecule has 1 saturated heterocycles. The molecule has 1 aliphatic rings. The number of terminal acetylenes is 1. The van der Waals surface area contributed by atoms with Crippen LogP contribution in [0.2, 0.25) is 0 Å². The largest absolute Gasteiger partial charge is 0.394 e. The molecule has 0 radical (unpaired) electrons. The molecule has 0 saturated carbocycles. The normalized spacial score (nSPS) is 26.4. The molecule has 1 fully saturated rings. The molecule has 3 unspecified atom stereocenters. The van der Waals surface area contributed by atoms with E-state index >= 15 is 0 Å². The number of methoxy groups -OCH3 is 1. The van der Waals surface area contributed by atoms with Crippen molar-refractivity contribution in [3.63, 3.8) is 0 Å². The first kappa shape index (κ1) is 20.9. The fourth-order valence-corrected chi connectivity index (χ4v) is 5.05. The van der Waals surface area contributed by atoms with Crippen LogP contribution >= 0.6 is 23.1 Å². The van der Waals surface area contributed by atoms with E-state index in [0.717, 1.165) is 9.90 Å². The molecule has 0 bridgehead atoms. The number of aliphatic hydroxyl groups is 2. The standard InChI is InChI=1S/C19H19N5O4S2/c1-3-11-6-12(8-20-7-11)30-19-17(27-2)15(16(26)14(10-25)28-19)24-9-13(22-23-24)18-21-4-5-29-18/h1,4-9,14-17,19,25-26H,10H2,2H3/t14?,15?,16-,17?,19+/m0/s1. The third-order valence-electron chi connectivity index (χ3n) is 4.70. The summed E-state index contributed by atoms with van der Waals surface area (Å²) in [7, 11) is 1.54. The number of nitrogens with zero attached hydrogens (tertiary/aromatic N) is 5. The first-order chi connectivity index (χ1) is 14.6. The molecule has 5 atom stereocenters. The minimum absolute atomic E-state index is 0.359. The molecule has 1 aliphatic heterocycles. The molecule has 11 heteroatoms. The van der Waals surface area contributed by atoms with E-state index in [9.17, 15) is 10.2 Å². The van der Waals surface area contributed by atoms with Crippen molar-refractivity contribution in [3.05, 3.63) is 41.8 Å². The van der Waals surface area contributed by atoms with E-state index in [1.807, 2.05) is 11.4 Å². The van der Waals surface area contributed by atoms with Crippen LogP contribution in [0.4, 0.5) is 0 Å². The molecule has 156 valence electrons. The summed E-state index contributed by atoms with van der Waals surface area (Å²) in [5.41, 5.74) is 0.682. The van der Waals surface area contributed by atoms with Crippen molar-refractivity contribution in [2.24, 2.45) is 0 Å². The zero-order valence-electron chi connectivity index (χ0n) is 15.9. The molecule has 9 nitrogen and oxygen atoms in total. The Balaban J connectivity index is 1.65. The summed E-state index contributed by atoms with van der Waals surface area (Å²) in [5.74, 6) is 2.55. The summed E-state index contributed by atoms with van der Waals surface area (Å²) >= 11 is 2.79. The van der Waals surface area contributed by atoms with Gasteiger partial charge in [-0.05, 0) is 6.07 Å². The summed E-state index contributed by atoms with van der Waals surface area (Å²) in [6.45, 7) is -0.359. The van der Waals surface area contributed by atoms with Crippen molar-refractivity contribution in [1.29, 1.82) is 0 Å². The third-order valence-corrected chi connectivity index (χ3v) is 6.60. The van der Waals surface area contributed by atoms with Crippen LogP contribution in [0.15, 0.2) is 41.1 Å². The quantitative estimate of drug-likeness (QED) is 0.540. The van der Waals surface area contributed by atoms with Gasteiger partial charge in [0.15, 0.2) is 0 Å². The van der Waals surface area contributed by atoms with Crippen molar-refractivity contribution < 1.29 is 19.7 Å². The highest BCUT2D eigenvalue weighted by atomic mass is 32.2. The lowest BCUT2D eigenvalue weighted by molar-refractivity contribution is -0.186. The monoisotopic (exact) mass is 445 g/mol. The van der Waals surface area contributed by atoms with Gasteiger partial charge in [-0.15, -0.1) is 22.9 Å². The highest BCUT2D eigenvalue weighted by Gasteiger charge is 2.47. The Morgan fingerprint density at radius 1 is 1.43 bits per heavy atom. The van der Waals surface area contributed by atoms with E-state index in [4.69, 9.17) is 15.9 Å². The first-order valence-electron chi connectivity index (χ1n) is 9.01. The lowest BCUT2D eigenvalue weighted by Gasteiger charge is -2.43. The van der Waals surface area contributed by atoms with Gasteiger partial charge in [0.1, 0.15) is 40.5 Å². The topological polar surface area (TPSA) is 115 Å². The lowest BCUT2D eigenvalue weighted by atomic mass is 9.97. The molecular formula is C19H19N5O4S2. The minimum atomic E-state index is -1.06. The van der Waals surface area contributed by atoms with Crippen LogP contribution in [0, 0.1) is 12.3 Å². The van der Waals surface area contributed by atoms with Gasteiger partial charge < -0.3 is 19.7 Å². The van der Waals surface area contributed by atoms with Gasteiger partial charge in [-0.3, -0.25) is 4.98 Å². The van der Waals surface area contributed by atoms with Crippen molar-refractivity contribution >= 4 is 23.1 Å². The predicted molar refractivity (Wildman–Crippen MR) is 111 cm³/mol. The van der Waals surface area contributed by atoms with Crippen LogP contribution < -0.4 is 0 Å². The summed E-state index contributed by atoms with van der Waals surface area (Å²) in [6.07, 6.45) is 9.66.